The molecule has 0 unspecified atom stereocenters. The lowest BCUT2D eigenvalue weighted by Gasteiger charge is -2.23. The van der Waals surface area contributed by atoms with E-state index in [4.69, 9.17) is 18.9 Å². The summed E-state index contributed by atoms with van der Waals surface area (Å²) in [5.41, 5.74) is 0.510. The maximum Gasteiger partial charge on any atom is 0.303 e. The van der Waals surface area contributed by atoms with Gasteiger partial charge in [0, 0.05) is 25.7 Å². The molecule has 142 valence electrons. The van der Waals surface area contributed by atoms with E-state index >= 15 is 0 Å². The summed E-state index contributed by atoms with van der Waals surface area (Å²) in [6, 6.07) is 7.76. The van der Waals surface area contributed by atoms with E-state index in [1.807, 2.05) is 31.2 Å². The van der Waals surface area contributed by atoms with Gasteiger partial charge in [-0.2, -0.15) is 0 Å². The summed E-state index contributed by atoms with van der Waals surface area (Å²) >= 11 is 1.35. The van der Waals surface area contributed by atoms with Crippen LogP contribution >= 0.6 is 11.8 Å². The van der Waals surface area contributed by atoms with Crippen LogP contribution in [0.15, 0.2) is 29.2 Å². The first-order valence-corrected chi connectivity index (χ1v) is 9.01. The van der Waals surface area contributed by atoms with Gasteiger partial charge in [-0.3, -0.25) is 14.4 Å². The summed E-state index contributed by atoms with van der Waals surface area (Å²) in [5, 5.41) is 0. The molecule has 1 fully saturated rings. The summed E-state index contributed by atoms with van der Waals surface area (Å²) in [4.78, 5) is 35.0. The minimum atomic E-state index is -0.862. The second-order valence-corrected chi connectivity index (χ2v) is 7.10. The third-order valence-corrected chi connectivity index (χ3v) is 4.75. The average Bonchev–Trinajstić information content (AvgIpc) is 2.84. The highest BCUT2D eigenvalue weighted by atomic mass is 32.2. The van der Waals surface area contributed by atoms with Crippen LogP contribution in [0.4, 0.5) is 0 Å². The van der Waals surface area contributed by atoms with Gasteiger partial charge in [0.25, 0.3) is 0 Å². The van der Waals surface area contributed by atoms with Crippen molar-refractivity contribution in [2.75, 3.05) is 6.61 Å². The van der Waals surface area contributed by atoms with E-state index < -0.39 is 41.7 Å². The number of carbonyl (C=O) groups is 3. The standard InChI is InChI=1S/C18H22O7S/c1-10-5-7-14(8-6-10)26-18-17(24-13(4)21)16(23-12(3)20)15(25-18)9-22-11(2)19/h5-8,15-18H,9H2,1-4H3/t15-,16+,17+,18-/m1/s1. The van der Waals surface area contributed by atoms with Crippen molar-refractivity contribution in [3.05, 3.63) is 29.8 Å². The zero-order valence-electron chi connectivity index (χ0n) is 15.1. The van der Waals surface area contributed by atoms with Crippen molar-refractivity contribution >= 4 is 29.7 Å². The van der Waals surface area contributed by atoms with Crippen molar-refractivity contribution in [3.63, 3.8) is 0 Å². The van der Waals surface area contributed by atoms with Crippen molar-refractivity contribution < 1.29 is 33.3 Å². The van der Waals surface area contributed by atoms with E-state index in [0.29, 0.717) is 0 Å². The summed E-state index contributed by atoms with van der Waals surface area (Å²) < 4.78 is 21.6. The van der Waals surface area contributed by atoms with E-state index in [9.17, 15) is 14.4 Å². The summed E-state index contributed by atoms with van der Waals surface area (Å²) in [6.45, 7) is 5.69. The lowest BCUT2D eigenvalue weighted by molar-refractivity contribution is -0.165. The van der Waals surface area contributed by atoms with Gasteiger partial charge in [-0.05, 0) is 19.1 Å². The van der Waals surface area contributed by atoms with E-state index in [1.54, 1.807) is 0 Å². The maximum atomic E-state index is 11.5. The fraction of sp³-hybridized carbons (Fsp3) is 0.500. The zero-order chi connectivity index (χ0) is 19.3. The van der Waals surface area contributed by atoms with Gasteiger partial charge in [0.15, 0.2) is 12.2 Å². The molecule has 1 aromatic rings. The molecule has 0 N–H and O–H groups in total. The molecular weight excluding hydrogens is 360 g/mol. The molecule has 0 saturated carbocycles. The number of hydrogen-bond donors (Lipinski definition) is 0. The topological polar surface area (TPSA) is 88.1 Å². The molecule has 26 heavy (non-hydrogen) atoms. The quantitative estimate of drug-likeness (QED) is 0.547. The van der Waals surface area contributed by atoms with Crippen LogP contribution in [0.3, 0.4) is 0 Å². The minimum Gasteiger partial charge on any atom is -0.463 e. The van der Waals surface area contributed by atoms with E-state index in [1.165, 1.54) is 32.5 Å². The highest BCUT2D eigenvalue weighted by Crippen LogP contribution is 2.37. The Morgan fingerprint density at radius 1 is 0.962 bits per heavy atom. The lowest BCUT2D eigenvalue weighted by Crippen LogP contribution is -2.40. The second kappa shape index (κ2) is 9.05. The molecule has 0 bridgehead atoms. The maximum absolute atomic E-state index is 11.5. The number of carbonyl (C=O) groups excluding carboxylic acids is 3. The SMILES string of the molecule is CC(=O)OC[C@H]1O[C@H](Sc2ccc(C)cc2)[C@@H](OC(C)=O)[C@H]1OC(C)=O. The third kappa shape index (κ3) is 5.74. The Labute approximate surface area is 156 Å². The Bertz CT molecular complexity index is 658. The first kappa shape index (κ1) is 20.3. The number of rotatable bonds is 6. The number of aryl methyl sites for hydroxylation is 1. The van der Waals surface area contributed by atoms with Gasteiger partial charge in [-0.15, -0.1) is 0 Å². The van der Waals surface area contributed by atoms with Crippen LogP contribution in [-0.4, -0.2) is 48.3 Å². The van der Waals surface area contributed by atoms with Gasteiger partial charge in [-0.1, -0.05) is 29.5 Å². The molecule has 4 atom stereocenters. The van der Waals surface area contributed by atoms with Crippen molar-refractivity contribution in [2.24, 2.45) is 0 Å². The Kier molecular flexibility index (Phi) is 7.05. The van der Waals surface area contributed by atoms with E-state index in [2.05, 4.69) is 0 Å². The van der Waals surface area contributed by atoms with Crippen LogP contribution in [0.25, 0.3) is 0 Å². The Morgan fingerprint density at radius 3 is 2.08 bits per heavy atom. The molecule has 1 aliphatic rings. The van der Waals surface area contributed by atoms with Gasteiger partial charge in [0.2, 0.25) is 0 Å². The number of benzene rings is 1. The number of esters is 3. The average molecular weight is 382 g/mol. The molecule has 0 aliphatic carbocycles. The third-order valence-electron chi connectivity index (χ3n) is 3.60. The number of ether oxygens (including phenoxy) is 4. The Balaban J connectivity index is 2.22. The molecule has 7 nitrogen and oxygen atoms in total. The molecule has 1 saturated heterocycles. The Morgan fingerprint density at radius 2 is 1.54 bits per heavy atom. The van der Waals surface area contributed by atoms with E-state index in [0.717, 1.165) is 10.5 Å². The van der Waals surface area contributed by atoms with Crippen molar-refractivity contribution in [3.8, 4) is 0 Å². The largest absolute Gasteiger partial charge is 0.463 e. The fourth-order valence-electron chi connectivity index (χ4n) is 2.52. The predicted octanol–water partition coefficient (Wildman–Crippen LogP) is 2.24. The molecule has 1 aliphatic heterocycles. The van der Waals surface area contributed by atoms with Crippen molar-refractivity contribution in [1.82, 2.24) is 0 Å². The smallest absolute Gasteiger partial charge is 0.303 e. The molecule has 2 rings (SSSR count). The molecular formula is C18H22O7S. The first-order chi connectivity index (χ1) is 12.3. The molecule has 0 amide bonds. The normalized spacial score (nSPS) is 24.8. The van der Waals surface area contributed by atoms with Gasteiger partial charge in [0.05, 0.1) is 0 Å². The first-order valence-electron chi connectivity index (χ1n) is 8.13. The molecule has 0 spiro atoms. The predicted molar refractivity (Wildman–Crippen MR) is 93.4 cm³/mol. The van der Waals surface area contributed by atoms with Crippen molar-refractivity contribution in [1.29, 1.82) is 0 Å². The second-order valence-electron chi connectivity index (χ2n) is 5.92. The fourth-order valence-corrected chi connectivity index (χ4v) is 3.63. The molecule has 1 aromatic carbocycles. The van der Waals surface area contributed by atoms with Crippen LogP contribution in [0, 0.1) is 6.92 Å². The molecule has 1 heterocycles. The summed E-state index contributed by atoms with van der Waals surface area (Å²) in [5.74, 6) is -1.53. The van der Waals surface area contributed by atoms with Crippen LogP contribution in [0.5, 0.6) is 0 Å². The monoisotopic (exact) mass is 382 g/mol. The highest BCUT2D eigenvalue weighted by Gasteiger charge is 2.50. The van der Waals surface area contributed by atoms with E-state index in [-0.39, 0.29) is 6.61 Å². The van der Waals surface area contributed by atoms with Crippen LogP contribution in [0.2, 0.25) is 0 Å². The van der Waals surface area contributed by atoms with Crippen molar-refractivity contribution in [2.45, 2.75) is 56.3 Å². The summed E-state index contributed by atoms with van der Waals surface area (Å²) in [6.07, 6.45) is -2.41. The number of thioether (sulfide) groups is 1. The van der Waals surface area contributed by atoms with Crippen LogP contribution in [-0.2, 0) is 33.3 Å². The van der Waals surface area contributed by atoms with Gasteiger partial charge < -0.3 is 18.9 Å². The lowest BCUT2D eigenvalue weighted by atomic mass is 10.1. The van der Waals surface area contributed by atoms with Gasteiger partial charge in [0.1, 0.15) is 18.1 Å². The van der Waals surface area contributed by atoms with Crippen LogP contribution < -0.4 is 0 Å². The zero-order valence-corrected chi connectivity index (χ0v) is 15.9. The molecule has 0 radical (unpaired) electrons. The molecule has 0 aromatic heterocycles. The van der Waals surface area contributed by atoms with Gasteiger partial charge >= 0.3 is 17.9 Å². The molecule has 8 heteroatoms. The summed E-state index contributed by atoms with van der Waals surface area (Å²) in [7, 11) is 0. The van der Waals surface area contributed by atoms with Crippen LogP contribution in [0.1, 0.15) is 26.3 Å². The highest BCUT2D eigenvalue weighted by molar-refractivity contribution is 7.99. The van der Waals surface area contributed by atoms with Gasteiger partial charge in [-0.25, -0.2) is 0 Å². The minimum absolute atomic E-state index is 0.101. The number of hydrogen-bond acceptors (Lipinski definition) is 8. The Hall–Kier alpha value is -2.06.